The predicted molar refractivity (Wildman–Crippen MR) is 78.8 cm³/mol. The largest absolute Gasteiger partial charge is 0.303 e. The second-order valence-corrected chi connectivity index (χ2v) is 5.67. The minimum atomic E-state index is 0.759. The molecule has 0 spiro atoms. The SMILES string of the molecule is CCCCC1=C(CCCCCCCCCC=O)C1. The normalized spacial score (nSPS) is 14.1. The Morgan fingerprint density at radius 3 is 2.00 bits per heavy atom. The first-order chi connectivity index (χ1) is 8.88. The zero-order valence-electron chi connectivity index (χ0n) is 12.2. The van der Waals surface area contributed by atoms with Crippen LogP contribution in [0.15, 0.2) is 11.1 Å². The summed E-state index contributed by atoms with van der Waals surface area (Å²) >= 11 is 0. The van der Waals surface area contributed by atoms with E-state index in [0.717, 1.165) is 19.1 Å². The summed E-state index contributed by atoms with van der Waals surface area (Å²) in [6.07, 6.45) is 17.9. The maximum Gasteiger partial charge on any atom is 0.119 e. The van der Waals surface area contributed by atoms with Crippen molar-refractivity contribution in [3.05, 3.63) is 11.1 Å². The molecule has 1 heteroatoms. The van der Waals surface area contributed by atoms with Gasteiger partial charge >= 0.3 is 0 Å². The molecule has 0 fully saturated rings. The van der Waals surface area contributed by atoms with Crippen molar-refractivity contribution in [1.29, 1.82) is 0 Å². The van der Waals surface area contributed by atoms with E-state index in [1.54, 1.807) is 11.1 Å². The van der Waals surface area contributed by atoms with Gasteiger partial charge in [-0.25, -0.2) is 0 Å². The first-order valence-electron chi connectivity index (χ1n) is 8.02. The average Bonchev–Trinajstić information content (AvgIpc) is 3.13. The third kappa shape index (κ3) is 7.68. The first-order valence-corrected chi connectivity index (χ1v) is 8.02. The number of carbonyl (C=O) groups is 1. The summed E-state index contributed by atoms with van der Waals surface area (Å²) in [5.41, 5.74) is 3.57. The summed E-state index contributed by atoms with van der Waals surface area (Å²) in [4.78, 5) is 10.1. The lowest BCUT2D eigenvalue weighted by molar-refractivity contribution is -0.107. The Balaban J connectivity index is 1.79. The Bertz CT molecular complexity index is 252. The van der Waals surface area contributed by atoms with Crippen LogP contribution in [0.1, 0.15) is 90.4 Å². The highest BCUT2D eigenvalue weighted by molar-refractivity contribution is 5.48. The van der Waals surface area contributed by atoms with E-state index in [0.29, 0.717) is 0 Å². The number of hydrogen-bond donors (Lipinski definition) is 0. The Labute approximate surface area is 113 Å². The lowest BCUT2D eigenvalue weighted by Gasteiger charge is -1.99. The molecule has 0 aromatic carbocycles. The van der Waals surface area contributed by atoms with E-state index < -0.39 is 0 Å². The molecule has 0 saturated heterocycles. The molecule has 0 atom stereocenters. The van der Waals surface area contributed by atoms with Crippen molar-refractivity contribution < 1.29 is 4.79 Å². The van der Waals surface area contributed by atoms with Crippen LogP contribution in [0.3, 0.4) is 0 Å². The smallest absolute Gasteiger partial charge is 0.119 e. The predicted octanol–water partition coefficient (Wildman–Crippen LogP) is 5.59. The van der Waals surface area contributed by atoms with Crippen LogP contribution in [0, 0.1) is 0 Å². The van der Waals surface area contributed by atoms with Gasteiger partial charge in [0.25, 0.3) is 0 Å². The van der Waals surface area contributed by atoms with E-state index in [9.17, 15) is 4.79 Å². The van der Waals surface area contributed by atoms with Gasteiger partial charge in [-0.3, -0.25) is 0 Å². The van der Waals surface area contributed by atoms with Gasteiger partial charge in [0.05, 0.1) is 0 Å². The highest BCUT2D eigenvalue weighted by atomic mass is 16.1. The number of hydrogen-bond acceptors (Lipinski definition) is 1. The van der Waals surface area contributed by atoms with Crippen molar-refractivity contribution in [2.24, 2.45) is 0 Å². The maximum absolute atomic E-state index is 10.1. The molecule has 0 saturated carbocycles. The topological polar surface area (TPSA) is 17.1 Å². The van der Waals surface area contributed by atoms with Crippen LogP contribution in [-0.4, -0.2) is 6.29 Å². The molecular weight excluding hydrogens is 220 g/mol. The molecule has 1 nitrogen and oxygen atoms in total. The van der Waals surface area contributed by atoms with E-state index in [1.807, 2.05) is 0 Å². The summed E-state index contributed by atoms with van der Waals surface area (Å²) < 4.78 is 0. The van der Waals surface area contributed by atoms with Gasteiger partial charge in [-0.1, -0.05) is 56.6 Å². The second-order valence-electron chi connectivity index (χ2n) is 5.67. The van der Waals surface area contributed by atoms with Gasteiger partial charge in [0.2, 0.25) is 0 Å². The molecule has 0 bridgehead atoms. The molecule has 0 N–H and O–H groups in total. The monoisotopic (exact) mass is 250 g/mol. The summed E-state index contributed by atoms with van der Waals surface area (Å²) in [6, 6.07) is 0. The fraction of sp³-hybridized carbons (Fsp3) is 0.824. The van der Waals surface area contributed by atoms with E-state index >= 15 is 0 Å². The Morgan fingerprint density at radius 1 is 0.833 bits per heavy atom. The van der Waals surface area contributed by atoms with Crippen LogP contribution in [0.25, 0.3) is 0 Å². The summed E-state index contributed by atoms with van der Waals surface area (Å²) in [5, 5.41) is 0. The van der Waals surface area contributed by atoms with Crippen LogP contribution < -0.4 is 0 Å². The lowest BCUT2D eigenvalue weighted by atomic mass is 10.1. The Kier molecular flexibility index (Phi) is 8.89. The average molecular weight is 250 g/mol. The molecule has 0 unspecified atom stereocenters. The highest BCUT2D eigenvalue weighted by Crippen LogP contribution is 2.38. The molecule has 0 heterocycles. The number of carbonyl (C=O) groups excluding carboxylic acids is 1. The molecule has 0 aliphatic heterocycles. The number of aldehydes is 1. The van der Waals surface area contributed by atoms with Crippen molar-refractivity contribution in [2.75, 3.05) is 0 Å². The van der Waals surface area contributed by atoms with Crippen molar-refractivity contribution in [3.63, 3.8) is 0 Å². The number of allylic oxidation sites excluding steroid dienone is 2. The van der Waals surface area contributed by atoms with Gasteiger partial charge in [0.1, 0.15) is 6.29 Å². The molecule has 0 aromatic rings. The fourth-order valence-corrected chi connectivity index (χ4v) is 2.58. The fourth-order valence-electron chi connectivity index (χ4n) is 2.58. The zero-order chi connectivity index (χ0) is 13.1. The molecular formula is C17H30O. The molecule has 1 aliphatic rings. The molecule has 0 amide bonds. The number of rotatable bonds is 13. The first kappa shape index (κ1) is 15.5. The molecule has 0 aromatic heterocycles. The summed E-state index contributed by atoms with van der Waals surface area (Å²) in [7, 11) is 0. The van der Waals surface area contributed by atoms with Crippen LogP contribution in [0.2, 0.25) is 0 Å². The van der Waals surface area contributed by atoms with E-state index in [2.05, 4.69) is 6.92 Å². The van der Waals surface area contributed by atoms with Gasteiger partial charge in [0.15, 0.2) is 0 Å². The number of unbranched alkanes of at least 4 members (excludes halogenated alkanes) is 8. The van der Waals surface area contributed by atoms with Crippen molar-refractivity contribution in [3.8, 4) is 0 Å². The van der Waals surface area contributed by atoms with Crippen LogP contribution in [-0.2, 0) is 4.79 Å². The second kappa shape index (κ2) is 10.3. The van der Waals surface area contributed by atoms with Gasteiger partial charge in [0, 0.05) is 6.42 Å². The van der Waals surface area contributed by atoms with E-state index in [1.165, 1.54) is 70.6 Å². The Hall–Kier alpha value is -0.590. The van der Waals surface area contributed by atoms with Gasteiger partial charge < -0.3 is 4.79 Å². The van der Waals surface area contributed by atoms with Gasteiger partial charge in [-0.05, 0) is 38.5 Å². The van der Waals surface area contributed by atoms with Crippen molar-refractivity contribution in [2.45, 2.75) is 90.4 Å². The molecule has 1 rings (SSSR count). The van der Waals surface area contributed by atoms with Crippen molar-refractivity contribution >= 4 is 6.29 Å². The lowest BCUT2D eigenvalue weighted by Crippen LogP contribution is -1.81. The van der Waals surface area contributed by atoms with Crippen LogP contribution in [0.5, 0.6) is 0 Å². The zero-order valence-corrected chi connectivity index (χ0v) is 12.2. The molecule has 1 aliphatic carbocycles. The van der Waals surface area contributed by atoms with Crippen molar-refractivity contribution in [1.82, 2.24) is 0 Å². The standard InChI is InChI=1S/C17H30O/c1-2-3-12-16-15-17(16)13-10-8-6-4-5-7-9-11-14-18/h14H,2-13,15H2,1H3. The quantitative estimate of drug-likeness (QED) is 0.237. The summed E-state index contributed by atoms with van der Waals surface area (Å²) in [6.45, 7) is 2.28. The molecule has 0 radical (unpaired) electrons. The van der Waals surface area contributed by atoms with Crippen LogP contribution in [0.4, 0.5) is 0 Å². The molecule has 18 heavy (non-hydrogen) atoms. The summed E-state index contributed by atoms with van der Waals surface area (Å²) in [5.74, 6) is 0. The van der Waals surface area contributed by atoms with Crippen LogP contribution >= 0.6 is 0 Å². The van der Waals surface area contributed by atoms with E-state index in [4.69, 9.17) is 0 Å². The minimum Gasteiger partial charge on any atom is -0.303 e. The minimum absolute atomic E-state index is 0.759. The maximum atomic E-state index is 10.1. The molecule has 104 valence electrons. The third-order valence-corrected chi connectivity index (χ3v) is 3.93. The third-order valence-electron chi connectivity index (χ3n) is 3.93. The highest BCUT2D eigenvalue weighted by Gasteiger charge is 2.18. The van der Waals surface area contributed by atoms with Gasteiger partial charge in [-0.15, -0.1) is 0 Å². The van der Waals surface area contributed by atoms with E-state index in [-0.39, 0.29) is 0 Å². The van der Waals surface area contributed by atoms with Gasteiger partial charge in [-0.2, -0.15) is 0 Å². The Morgan fingerprint density at radius 2 is 1.39 bits per heavy atom.